The molecule has 9 nitrogen and oxygen atoms in total. The molecule has 4 aromatic rings. The number of alkyl halides is 1. The fraction of sp³-hybridized carbons (Fsp3) is 0.379. The summed E-state index contributed by atoms with van der Waals surface area (Å²) in [4.78, 5) is 18.6. The van der Waals surface area contributed by atoms with Gasteiger partial charge in [-0.25, -0.2) is 14.5 Å². The molecule has 0 N–H and O–H groups in total. The molecule has 200 valence electrons. The molecular weight excluding hydrogens is 497 g/mol. The van der Waals surface area contributed by atoms with Crippen molar-refractivity contribution in [2.45, 2.75) is 38.0 Å². The Morgan fingerprint density at radius 1 is 1.08 bits per heavy atom. The molecule has 0 amide bonds. The molecule has 0 aliphatic carbocycles. The predicted molar refractivity (Wildman–Crippen MR) is 147 cm³/mol. The number of piperazine rings is 1. The Labute approximate surface area is 225 Å². The Morgan fingerprint density at radius 3 is 2.72 bits per heavy atom. The number of aromatic nitrogens is 4. The summed E-state index contributed by atoms with van der Waals surface area (Å²) in [5.41, 5.74) is 6.15. The van der Waals surface area contributed by atoms with Gasteiger partial charge in [0, 0.05) is 79.5 Å². The quantitative estimate of drug-likeness (QED) is 0.305. The Morgan fingerprint density at radius 2 is 1.97 bits per heavy atom. The molecule has 8 heterocycles. The van der Waals surface area contributed by atoms with Crippen LogP contribution in [0.25, 0.3) is 16.6 Å². The number of piperidine rings is 1. The molecular formula is C29H30FN7O2. The van der Waals surface area contributed by atoms with Crippen LogP contribution >= 0.6 is 0 Å². The second-order valence-corrected chi connectivity index (χ2v) is 10.3. The Kier molecular flexibility index (Phi) is 6.11. The van der Waals surface area contributed by atoms with Crippen LogP contribution in [0.1, 0.15) is 29.7 Å². The number of hydrogen-bond donors (Lipinski definition) is 0. The van der Waals surface area contributed by atoms with E-state index in [2.05, 4.69) is 38.0 Å². The fourth-order valence-electron chi connectivity index (χ4n) is 5.94. The van der Waals surface area contributed by atoms with Crippen molar-refractivity contribution >= 4 is 17.5 Å². The molecule has 0 radical (unpaired) electrons. The van der Waals surface area contributed by atoms with E-state index < -0.39 is 6.67 Å². The van der Waals surface area contributed by atoms with Crippen LogP contribution in [0.5, 0.6) is 11.6 Å². The first-order valence-corrected chi connectivity index (χ1v) is 13.4. The van der Waals surface area contributed by atoms with Crippen molar-refractivity contribution in [1.29, 1.82) is 0 Å². The first-order chi connectivity index (χ1) is 19.2. The molecule has 8 rings (SSSR count). The molecule has 0 spiro atoms. The van der Waals surface area contributed by atoms with E-state index in [0.717, 1.165) is 53.4 Å². The Hall–Kier alpha value is -4.05. The number of anilines is 1. The summed E-state index contributed by atoms with van der Waals surface area (Å²) in [6, 6.07) is 11.3. The lowest BCUT2D eigenvalue weighted by Crippen LogP contribution is -2.68. The molecule has 4 aliphatic rings. The van der Waals surface area contributed by atoms with Gasteiger partial charge in [0.1, 0.15) is 11.6 Å². The van der Waals surface area contributed by atoms with Gasteiger partial charge in [-0.05, 0) is 30.2 Å². The van der Waals surface area contributed by atoms with Gasteiger partial charge in [0.15, 0.2) is 0 Å². The van der Waals surface area contributed by atoms with Gasteiger partial charge in [0.05, 0.1) is 44.3 Å². The van der Waals surface area contributed by atoms with Gasteiger partial charge in [-0.15, -0.1) is 0 Å². The van der Waals surface area contributed by atoms with Crippen molar-refractivity contribution in [3.8, 4) is 22.8 Å². The van der Waals surface area contributed by atoms with E-state index in [1.54, 1.807) is 7.11 Å². The molecule has 4 aliphatic heterocycles. The molecule has 0 saturated carbocycles. The third-order valence-corrected chi connectivity index (χ3v) is 7.92. The highest BCUT2D eigenvalue weighted by molar-refractivity contribution is 5.99. The van der Waals surface area contributed by atoms with Crippen LogP contribution in [0.4, 0.5) is 10.2 Å². The highest BCUT2D eigenvalue weighted by atomic mass is 19.1. The standard InChI is InChI=1S/C29H30FN7O2/c1-38-28-6-3-19(11-33-28)15-36-21-9-22(36)17-35(16-21)27-5-4-20(12-32-27)24-10-23(39-8-2-7-30)18-37-29(24)25-13-31-14-26(25)34-37/h3-6,10-13,18,21-22H,2,7-9,14-17H2,1H3. The molecule has 0 aromatic carbocycles. The highest BCUT2D eigenvalue weighted by Gasteiger charge is 2.44. The van der Waals surface area contributed by atoms with Gasteiger partial charge >= 0.3 is 0 Å². The summed E-state index contributed by atoms with van der Waals surface area (Å²) in [5.74, 6) is 2.30. The molecule has 3 saturated heterocycles. The molecule has 2 atom stereocenters. The zero-order chi connectivity index (χ0) is 26.3. The topological polar surface area (TPSA) is 80.4 Å². The average Bonchev–Trinajstić information content (AvgIpc) is 3.57. The van der Waals surface area contributed by atoms with Gasteiger partial charge in [-0.2, -0.15) is 5.10 Å². The van der Waals surface area contributed by atoms with Crippen LogP contribution in [-0.4, -0.2) is 76.3 Å². The van der Waals surface area contributed by atoms with E-state index in [9.17, 15) is 4.39 Å². The summed E-state index contributed by atoms with van der Waals surface area (Å²) < 4.78 is 25.5. The number of aliphatic imine (C=N–C) groups is 1. The normalized spacial score (nSPS) is 19.8. The smallest absolute Gasteiger partial charge is 0.212 e. The number of pyridine rings is 3. The van der Waals surface area contributed by atoms with Crippen molar-refractivity contribution in [3.05, 3.63) is 65.7 Å². The predicted octanol–water partition coefficient (Wildman–Crippen LogP) is 3.93. The lowest BCUT2D eigenvalue weighted by molar-refractivity contribution is -0.00876. The van der Waals surface area contributed by atoms with Crippen LogP contribution in [0, 0.1) is 0 Å². The molecule has 10 heteroatoms. The third kappa shape index (κ3) is 4.38. The van der Waals surface area contributed by atoms with E-state index in [0.29, 0.717) is 43.3 Å². The van der Waals surface area contributed by atoms with Crippen molar-refractivity contribution in [2.24, 2.45) is 4.99 Å². The number of halogens is 1. The number of rotatable bonds is 9. The van der Waals surface area contributed by atoms with E-state index >= 15 is 0 Å². The van der Waals surface area contributed by atoms with Crippen molar-refractivity contribution in [1.82, 2.24) is 24.5 Å². The minimum absolute atomic E-state index is 0.324. The van der Waals surface area contributed by atoms with Crippen molar-refractivity contribution in [2.75, 3.05) is 38.4 Å². The minimum Gasteiger partial charge on any atom is -0.492 e. The van der Waals surface area contributed by atoms with E-state index in [1.165, 1.54) is 12.0 Å². The monoisotopic (exact) mass is 527 g/mol. The van der Waals surface area contributed by atoms with Crippen LogP contribution in [0.15, 0.2) is 53.9 Å². The molecule has 4 aromatic heterocycles. The summed E-state index contributed by atoms with van der Waals surface area (Å²) in [6.45, 7) is 3.33. The van der Waals surface area contributed by atoms with Crippen LogP contribution in [-0.2, 0) is 13.1 Å². The Bertz CT molecular complexity index is 1510. The van der Waals surface area contributed by atoms with Crippen molar-refractivity contribution in [3.63, 3.8) is 0 Å². The third-order valence-electron chi connectivity index (χ3n) is 7.92. The maximum Gasteiger partial charge on any atom is 0.212 e. The fourth-order valence-corrected chi connectivity index (χ4v) is 5.94. The van der Waals surface area contributed by atoms with Gasteiger partial charge in [0.2, 0.25) is 5.88 Å². The van der Waals surface area contributed by atoms with Gasteiger partial charge in [0.25, 0.3) is 0 Å². The number of fused-ring (bicyclic) bond motifs is 5. The molecule has 39 heavy (non-hydrogen) atoms. The number of hydrogen-bond acceptors (Lipinski definition) is 8. The maximum absolute atomic E-state index is 12.6. The summed E-state index contributed by atoms with van der Waals surface area (Å²) in [7, 11) is 1.64. The molecule has 3 fully saturated rings. The zero-order valence-corrected chi connectivity index (χ0v) is 21.8. The van der Waals surface area contributed by atoms with Crippen LogP contribution in [0.3, 0.4) is 0 Å². The first-order valence-electron chi connectivity index (χ1n) is 13.4. The summed E-state index contributed by atoms with van der Waals surface area (Å²) in [5, 5.41) is 4.71. The average molecular weight is 528 g/mol. The summed E-state index contributed by atoms with van der Waals surface area (Å²) >= 11 is 0. The van der Waals surface area contributed by atoms with E-state index in [-0.39, 0.29) is 0 Å². The molecule has 2 unspecified atom stereocenters. The van der Waals surface area contributed by atoms with E-state index in [1.807, 2.05) is 41.5 Å². The minimum atomic E-state index is -0.401. The highest BCUT2D eigenvalue weighted by Crippen LogP contribution is 2.37. The van der Waals surface area contributed by atoms with Gasteiger partial charge < -0.3 is 14.4 Å². The molecule has 2 bridgehead atoms. The Balaban J connectivity index is 1.09. The first kappa shape index (κ1) is 24.0. The lowest BCUT2D eigenvalue weighted by atomic mass is 9.87. The number of nitrogens with zero attached hydrogens (tertiary/aromatic N) is 7. The number of methoxy groups -OCH3 is 1. The largest absolute Gasteiger partial charge is 0.492 e. The van der Waals surface area contributed by atoms with Crippen molar-refractivity contribution < 1.29 is 13.9 Å². The van der Waals surface area contributed by atoms with Crippen LogP contribution < -0.4 is 14.4 Å². The maximum atomic E-state index is 12.6. The zero-order valence-electron chi connectivity index (χ0n) is 21.8. The summed E-state index contributed by atoms with van der Waals surface area (Å²) in [6.07, 6.45) is 9.17. The van der Waals surface area contributed by atoms with Gasteiger partial charge in [-0.1, -0.05) is 6.07 Å². The SMILES string of the molecule is COc1ccc(CN2C3CC2CN(c2ccc(-c4cc(OCCCF)cn5nc6c(c45)C=NC6)cn2)C3)cn1. The van der Waals surface area contributed by atoms with Crippen LogP contribution in [0.2, 0.25) is 0 Å². The second kappa shape index (κ2) is 9.92. The van der Waals surface area contributed by atoms with Gasteiger partial charge in [-0.3, -0.25) is 14.3 Å². The second-order valence-electron chi connectivity index (χ2n) is 10.3. The van der Waals surface area contributed by atoms with E-state index in [4.69, 9.17) is 19.6 Å². The lowest BCUT2D eigenvalue weighted by Gasteiger charge is -2.56. The number of ether oxygens (including phenoxy) is 2.